The third kappa shape index (κ3) is 6.75. The first kappa shape index (κ1) is 26.8. The monoisotopic (exact) mass is 536 g/mol. The molecular weight excluding hydrogens is 508 g/mol. The zero-order chi connectivity index (χ0) is 27.1. The number of aliphatic imine (C=N–C) groups is 1. The largest absolute Gasteiger partial charge is 0.496 e. The fourth-order valence-corrected chi connectivity index (χ4v) is 4.56. The predicted molar refractivity (Wildman–Crippen MR) is 145 cm³/mol. The fraction of sp³-hybridized carbons (Fsp3) is 0.333. The van der Waals surface area contributed by atoms with Crippen molar-refractivity contribution in [1.29, 1.82) is 5.26 Å². The summed E-state index contributed by atoms with van der Waals surface area (Å²) < 4.78 is 10.9. The van der Waals surface area contributed by atoms with Crippen molar-refractivity contribution in [3.8, 4) is 11.9 Å². The van der Waals surface area contributed by atoms with Crippen molar-refractivity contribution >= 4 is 46.0 Å². The lowest BCUT2D eigenvalue weighted by Gasteiger charge is -2.23. The number of nitrogens with one attached hydrogen (secondary N) is 3. The van der Waals surface area contributed by atoms with Gasteiger partial charge in [0.2, 0.25) is 17.8 Å². The minimum absolute atomic E-state index is 0.0985. The van der Waals surface area contributed by atoms with Crippen molar-refractivity contribution in [2.75, 3.05) is 25.5 Å². The van der Waals surface area contributed by atoms with Crippen LogP contribution < -0.4 is 20.7 Å². The molecule has 0 radical (unpaired) electrons. The highest BCUT2D eigenvalue weighted by molar-refractivity contribution is 6.30. The molecule has 0 unspecified atom stereocenters. The number of nitriles is 1. The number of nitrogens with zero attached hydrogens (tertiary/aromatic N) is 3. The van der Waals surface area contributed by atoms with Gasteiger partial charge in [0, 0.05) is 34.7 Å². The molecule has 1 aliphatic heterocycles. The predicted octanol–water partition coefficient (Wildman–Crippen LogP) is 3.94. The molecule has 2 heterocycles. The lowest BCUT2D eigenvalue weighted by Crippen LogP contribution is -2.44. The number of methoxy groups -OCH3 is 1. The first-order valence-corrected chi connectivity index (χ1v) is 12.6. The zero-order valence-corrected chi connectivity index (χ0v) is 22.0. The lowest BCUT2D eigenvalue weighted by molar-refractivity contribution is -0.136. The number of amides is 2. The molecule has 3 N–H and O–H groups in total. The van der Waals surface area contributed by atoms with E-state index in [-0.39, 0.29) is 30.9 Å². The van der Waals surface area contributed by atoms with Crippen LogP contribution in [0, 0.1) is 18.4 Å². The van der Waals surface area contributed by atoms with Gasteiger partial charge in [-0.05, 0) is 68.7 Å². The van der Waals surface area contributed by atoms with Gasteiger partial charge in [-0.15, -0.1) is 0 Å². The summed E-state index contributed by atoms with van der Waals surface area (Å²) in [6.07, 6.45) is 3.89. The van der Waals surface area contributed by atoms with Crippen molar-refractivity contribution in [3.05, 3.63) is 58.8 Å². The number of hydrogen-bond donors (Lipinski definition) is 3. The molecule has 0 spiro atoms. The van der Waals surface area contributed by atoms with Crippen LogP contribution >= 0.6 is 11.6 Å². The summed E-state index contributed by atoms with van der Waals surface area (Å²) in [5.74, 6) is 0.994. The van der Waals surface area contributed by atoms with E-state index in [1.165, 1.54) is 4.90 Å². The second-order valence-electron chi connectivity index (χ2n) is 8.95. The van der Waals surface area contributed by atoms with Crippen LogP contribution in [0.15, 0.2) is 51.9 Å². The molecule has 1 saturated heterocycles. The van der Waals surface area contributed by atoms with E-state index in [0.29, 0.717) is 29.4 Å². The number of furan rings is 1. The number of likely N-dealkylation sites (tertiary alicyclic amines) is 1. The van der Waals surface area contributed by atoms with E-state index < -0.39 is 6.04 Å². The van der Waals surface area contributed by atoms with E-state index in [0.717, 1.165) is 35.1 Å². The van der Waals surface area contributed by atoms with Gasteiger partial charge < -0.3 is 24.7 Å². The van der Waals surface area contributed by atoms with Crippen LogP contribution in [0.5, 0.6) is 5.75 Å². The number of hydrogen-bond acceptors (Lipinski definition) is 6. The van der Waals surface area contributed by atoms with Crippen LogP contribution in [0.4, 0.5) is 5.69 Å². The molecule has 1 fully saturated rings. The molecule has 3 aromatic rings. The standard InChI is InChI=1S/C27H29ClN6O4/c1-17-11-18-13-21(7-9-24(18)38-17)32-27(31-16-29)33-22-5-3-4-10-34(26(22)36)15-25(35)30-14-19-12-20(28)6-8-23(19)37-2/h6-9,11-13,22H,3-5,10,14-15H2,1-2H3,(H,30,35)(H2,31,32,33)/t22-/m0/s1. The maximum atomic E-state index is 13.3. The lowest BCUT2D eigenvalue weighted by atomic mass is 10.1. The van der Waals surface area contributed by atoms with Crippen LogP contribution in [-0.4, -0.2) is 48.9 Å². The van der Waals surface area contributed by atoms with Crippen molar-refractivity contribution in [2.24, 2.45) is 4.99 Å². The molecule has 2 aromatic carbocycles. The Morgan fingerprint density at radius 2 is 2.11 bits per heavy atom. The quantitative estimate of drug-likeness (QED) is 0.180. The second-order valence-corrected chi connectivity index (χ2v) is 9.39. The minimum Gasteiger partial charge on any atom is -0.496 e. The van der Waals surface area contributed by atoms with E-state index in [4.69, 9.17) is 20.8 Å². The molecule has 1 aromatic heterocycles. The summed E-state index contributed by atoms with van der Waals surface area (Å²) in [7, 11) is 1.55. The maximum absolute atomic E-state index is 13.3. The number of carbonyl (C=O) groups is 2. The average molecular weight is 537 g/mol. The summed E-state index contributed by atoms with van der Waals surface area (Å²) in [6.45, 7) is 2.43. The number of aryl methyl sites for hydroxylation is 1. The number of benzene rings is 2. The molecule has 0 saturated carbocycles. The molecule has 198 valence electrons. The molecule has 0 aliphatic carbocycles. The number of carbonyl (C=O) groups excluding carboxylic acids is 2. The van der Waals surface area contributed by atoms with E-state index in [9.17, 15) is 14.9 Å². The molecule has 10 nitrogen and oxygen atoms in total. The Bertz CT molecular complexity index is 1400. The van der Waals surface area contributed by atoms with Gasteiger partial charge in [0.25, 0.3) is 0 Å². The summed E-state index contributed by atoms with van der Waals surface area (Å²) >= 11 is 6.07. The van der Waals surface area contributed by atoms with Crippen LogP contribution in [0.3, 0.4) is 0 Å². The van der Waals surface area contributed by atoms with Gasteiger partial charge in [0.1, 0.15) is 23.1 Å². The molecule has 2 amide bonds. The van der Waals surface area contributed by atoms with Gasteiger partial charge in [0.05, 0.1) is 13.7 Å². The molecule has 11 heteroatoms. The third-order valence-corrected chi connectivity index (χ3v) is 6.40. The second kappa shape index (κ2) is 12.3. The number of anilines is 1. The third-order valence-electron chi connectivity index (χ3n) is 6.17. The number of ether oxygens (including phenoxy) is 1. The Hall–Kier alpha value is -4.23. The SMILES string of the molecule is COc1ccc(Cl)cc1CNC(=O)CN1CCCC[C@H](N=C(NC#N)Nc2ccc3oc(C)cc3c2)C1=O. The average Bonchev–Trinajstić information content (AvgIpc) is 3.18. The Morgan fingerprint density at radius 1 is 1.26 bits per heavy atom. The highest BCUT2D eigenvalue weighted by Crippen LogP contribution is 2.24. The Kier molecular flexibility index (Phi) is 8.71. The van der Waals surface area contributed by atoms with Gasteiger partial charge >= 0.3 is 0 Å². The first-order valence-electron chi connectivity index (χ1n) is 12.2. The fourth-order valence-electron chi connectivity index (χ4n) is 4.37. The van der Waals surface area contributed by atoms with Crippen molar-refractivity contribution in [2.45, 2.75) is 38.8 Å². The summed E-state index contributed by atoms with van der Waals surface area (Å²) in [6, 6.07) is 11.9. The van der Waals surface area contributed by atoms with Crippen molar-refractivity contribution < 1.29 is 18.7 Å². The minimum atomic E-state index is -0.735. The van der Waals surface area contributed by atoms with Crippen molar-refractivity contribution in [3.63, 3.8) is 0 Å². The van der Waals surface area contributed by atoms with E-state index in [1.54, 1.807) is 31.4 Å². The molecular formula is C27H29ClN6O4. The Labute approximate surface area is 225 Å². The van der Waals surface area contributed by atoms with Crippen LogP contribution in [-0.2, 0) is 16.1 Å². The number of fused-ring (bicyclic) bond motifs is 1. The van der Waals surface area contributed by atoms with Crippen LogP contribution in [0.25, 0.3) is 11.0 Å². The first-order chi connectivity index (χ1) is 18.4. The Morgan fingerprint density at radius 3 is 2.89 bits per heavy atom. The van der Waals surface area contributed by atoms with Gasteiger partial charge in [0.15, 0.2) is 6.19 Å². The van der Waals surface area contributed by atoms with Gasteiger partial charge in [-0.3, -0.25) is 14.9 Å². The van der Waals surface area contributed by atoms with Gasteiger partial charge in [-0.25, -0.2) is 4.99 Å². The van der Waals surface area contributed by atoms with Gasteiger partial charge in [-0.1, -0.05) is 11.6 Å². The zero-order valence-electron chi connectivity index (χ0n) is 21.2. The summed E-state index contributed by atoms with van der Waals surface area (Å²) in [5.41, 5.74) is 2.18. The normalized spacial score (nSPS) is 16.1. The molecule has 0 bridgehead atoms. The van der Waals surface area contributed by atoms with E-state index in [1.807, 2.05) is 31.3 Å². The molecule has 38 heavy (non-hydrogen) atoms. The smallest absolute Gasteiger partial charge is 0.247 e. The highest BCUT2D eigenvalue weighted by Gasteiger charge is 2.28. The van der Waals surface area contributed by atoms with E-state index >= 15 is 0 Å². The van der Waals surface area contributed by atoms with E-state index in [2.05, 4.69) is 20.9 Å². The molecule has 4 rings (SSSR count). The maximum Gasteiger partial charge on any atom is 0.247 e. The molecule has 1 aliphatic rings. The number of rotatable bonds is 7. The topological polar surface area (TPSA) is 132 Å². The van der Waals surface area contributed by atoms with Crippen molar-refractivity contribution in [1.82, 2.24) is 15.5 Å². The number of halogens is 1. The summed E-state index contributed by atoms with van der Waals surface area (Å²) in [4.78, 5) is 32.1. The Balaban J connectivity index is 1.43. The van der Waals surface area contributed by atoms with Gasteiger partial charge in [-0.2, -0.15) is 5.26 Å². The van der Waals surface area contributed by atoms with Crippen LogP contribution in [0.2, 0.25) is 5.02 Å². The van der Waals surface area contributed by atoms with Crippen LogP contribution in [0.1, 0.15) is 30.6 Å². The number of guanidine groups is 1. The molecule has 1 atom stereocenters. The summed E-state index contributed by atoms with van der Waals surface area (Å²) in [5, 5.41) is 19.1. The highest BCUT2D eigenvalue weighted by atomic mass is 35.5.